The molecule has 0 amide bonds. The number of hydrogen-bond acceptors (Lipinski definition) is 4. The molecule has 0 spiro atoms. The smallest absolute Gasteiger partial charge is 0.347 e. The van der Waals surface area contributed by atoms with Crippen LogP contribution in [0.3, 0.4) is 0 Å². The molecule has 0 fully saturated rings. The number of hydrogen-bond donors (Lipinski definition) is 0. The maximum Gasteiger partial charge on any atom is 0.347 e. The topological polar surface area (TPSA) is 51.3 Å². The van der Waals surface area contributed by atoms with Gasteiger partial charge < -0.3 is 9.32 Å². The summed E-state index contributed by atoms with van der Waals surface area (Å²) in [6.07, 6.45) is 0. The van der Waals surface area contributed by atoms with E-state index in [4.69, 9.17) is 4.42 Å². The number of aromatic nitrogens is 2. The van der Waals surface area contributed by atoms with Crippen molar-refractivity contribution in [3.63, 3.8) is 0 Å². The summed E-state index contributed by atoms with van der Waals surface area (Å²) in [5.74, 6) is 0. The van der Waals surface area contributed by atoms with E-state index in [-0.39, 0.29) is 5.63 Å². The quantitative estimate of drug-likeness (QED) is 0.531. The van der Waals surface area contributed by atoms with E-state index in [0.717, 1.165) is 22.3 Å². The summed E-state index contributed by atoms with van der Waals surface area (Å²) in [7, 11) is 3.97. The summed E-state index contributed by atoms with van der Waals surface area (Å²) >= 11 is 0. The lowest BCUT2D eigenvalue weighted by Crippen LogP contribution is -2.09. The normalized spacial score (nSPS) is 11.3. The van der Waals surface area contributed by atoms with Gasteiger partial charge in [0.1, 0.15) is 11.0 Å². The van der Waals surface area contributed by atoms with Gasteiger partial charge in [-0.1, -0.05) is 18.2 Å². The lowest BCUT2D eigenvalue weighted by molar-refractivity contribution is 0.569. The minimum atomic E-state index is -0.352. The van der Waals surface area contributed by atoms with Crippen LogP contribution >= 0.6 is 0 Å². The van der Waals surface area contributed by atoms with Crippen molar-refractivity contribution in [1.82, 2.24) is 9.78 Å². The van der Waals surface area contributed by atoms with Crippen molar-refractivity contribution >= 4 is 27.6 Å². The van der Waals surface area contributed by atoms with Gasteiger partial charge >= 0.3 is 5.63 Å². The SMILES string of the molecule is Cc1nn(-c2ccccc2)c2c1c(=O)oc1ccc(N(C)C)cc12. The molecule has 0 unspecified atom stereocenters. The predicted octanol–water partition coefficient (Wildman–Crippen LogP) is 3.51. The van der Waals surface area contributed by atoms with Crippen molar-refractivity contribution in [3.8, 4) is 5.69 Å². The minimum Gasteiger partial charge on any atom is -0.422 e. The number of para-hydroxylation sites is 1. The van der Waals surface area contributed by atoms with Gasteiger partial charge in [0.2, 0.25) is 0 Å². The van der Waals surface area contributed by atoms with Crippen molar-refractivity contribution in [3.05, 3.63) is 64.6 Å². The lowest BCUT2D eigenvalue weighted by atomic mass is 10.1. The van der Waals surface area contributed by atoms with Crippen LogP contribution in [0.1, 0.15) is 5.69 Å². The zero-order valence-electron chi connectivity index (χ0n) is 13.8. The molecule has 0 saturated carbocycles. The van der Waals surface area contributed by atoms with Crippen LogP contribution in [-0.2, 0) is 0 Å². The van der Waals surface area contributed by atoms with Crippen molar-refractivity contribution < 1.29 is 4.42 Å². The second-order valence-electron chi connectivity index (χ2n) is 6.02. The Morgan fingerprint density at radius 2 is 1.83 bits per heavy atom. The molecule has 0 aliphatic carbocycles. The number of benzene rings is 2. The molecular weight excluding hydrogens is 302 g/mol. The molecule has 0 saturated heterocycles. The molecule has 0 bridgehead atoms. The van der Waals surface area contributed by atoms with Gasteiger partial charge in [0.15, 0.2) is 0 Å². The molecule has 24 heavy (non-hydrogen) atoms. The standard InChI is InChI=1S/C19H17N3O2/c1-12-17-18(22(20-12)13-7-5-4-6-8-13)15-11-14(21(2)3)9-10-16(15)24-19(17)23/h4-11H,1-3H3. The van der Waals surface area contributed by atoms with Crippen LogP contribution in [0.5, 0.6) is 0 Å². The monoisotopic (exact) mass is 319 g/mol. The third-order valence-electron chi connectivity index (χ3n) is 4.20. The van der Waals surface area contributed by atoms with Crippen LogP contribution in [0.25, 0.3) is 27.6 Å². The van der Waals surface area contributed by atoms with E-state index in [1.807, 2.05) is 79.1 Å². The maximum atomic E-state index is 12.4. The molecule has 0 aliphatic heterocycles. The van der Waals surface area contributed by atoms with Crippen LogP contribution < -0.4 is 10.5 Å². The number of anilines is 1. The van der Waals surface area contributed by atoms with Crippen molar-refractivity contribution in [2.24, 2.45) is 0 Å². The van der Waals surface area contributed by atoms with Crippen LogP contribution in [0, 0.1) is 6.92 Å². The molecule has 120 valence electrons. The summed E-state index contributed by atoms with van der Waals surface area (Å²) in [6, 6.07) is 15.6. The Balaban J connectivity index is 2.20. The second-order valence-corrected chi connectivity index (χ2v) is 6.02. The summed E-state index contributed by atoms with van der Waals surface area (Å²) < 4.78 is 7.34. The summed E-state index contributed by atoms with van der Waals surface area (Å²) in [5.41, 5.74) is 3.62. The molecule has 0 radical (unpaired) electrons. The van der Waals surface area contributed by atoms with E-state index >= 15 is 0 Å². The van der Waals surface area contributed by atoms with E-state index in [2.05, 4.69) is 5.10 Å². The first-order valence-corrected chi connectivity index (χ1v) is 7.75. The highest BCUT2D eigenvalue weighted by atomic mass is 16.4. The van der Waals surface area contributed by atoms with Gasteiger partial charge in [0.05, 0.1) is 16.9 Å². The predicted molar refractivity (Wildman–Crippen MR) is 96.2 cm³/mol. The molecular formula is C19H17N3O2. The fourth-order valence-corrected chi connectivity index (χ4v) is 3.00. The average Bonchev–Trinajstić information content (AvgIpc) is 2.94. The van der Waals surface area contributed by atoms with E-state index in [0.29, 0.717) is 16.7 Å². The number of fused-ring (bicyclic) bond motifs is 3. The Morgan fingerprint density at radius 1 is 1.08 bits per heavy atom. The van der Waals surface area contributed by atoms with Crippen LogP contribution in [0.4, 0.5) is 5.69 Å². The Kier molecular flexibility index (Phi) is 3.16. The van der Waals surface area contributed by atoms with Gasteiger partial charge in [-0.15, -0.1) is 0 Å². The van der Waals surface area contributed by atoms with Gasteiger partial charge in [0, 0.05) is 25.2 Å². The van der Waals surface area contributed by atoms with Gasteiger partial charge in [-0.25, -0.2) is 9.48 Å². The zero-order valence-corrected chi connectivity index (χ0v) is 13.8. The highest BCUT2D eigenvalue weighted by molar-refractivity contribution is 6.04. The first-order valence-electron chi connectivity index (χ1n) is 7.75. The van der Waals surface area contributed by atoms with Gasteiger partial charge in [-0.2, -0.15) is 5.10 Å². The largest absolute Gasteiger partial charge is 0.422 e. The number of nitrogens with zero attached hydrogens (tertiary/aromatic N) is 3. The lowest BCUT2D eigenvalue weighted by Gasteiger charge is -2.13. The summed E-state index contributed by atoms with van der Waals surface area (Å²) in [4.78, 5) is 14.5. The van der Waals surface area contributed by atoms with Crippen LogP contribution in [-0.4, -0.2) is 23.9 Å². The Hall–Kier alpha value is -3.08. The third kappa shape index (κ3) is 2.09. The summed E-state index contributed by atoms with van der Waals surface area (Å²) in [5, 5.41) is 5.99. The summed E-state index contributed by atoms with van der Waals surface area (Å²) in [6.45, 7) is 1.83. The second kappa shape index (κ2) is 5.23. The first kappa shape index (κ1) is 14.5. The van der Waals surface area contributed by atoms with E-state index in [1.165, 1.54) is 0 Å². The highest BCUT2D eigenvalue weighted by Gasteiger charge is 2.18. The highest BCUT2D eigenvalue weighted by Crippen LogP contribution is 2.29. The molecule has 2 aromatic carbocycles. The van der Waals surface area contributed by atoms with Crippen molar-refractivity contribution in [2.75, 3.05) is 19.0 Å². The van der Waals surface area contributed by atoms with Crippen molar-refractivity contribution in [1.29, 1.82) is 0 Å². The third-order valence-corrected chi connectivity index (χ3v) is 4.20. The Labute approximate surface area is 138 Å². The molecule has 0 N–H and O–H groups in total. The van der Waals surface area contributed by atoms with Gasteiger partial charge in [-0.05, 0) is 37.3 Å². The number of aryl methyl sites for hydroxylation is 1. The molecule has 4 rings (SSSR count). The van der Waals surface area contributed by atoms with E-state index in [9.17, 15) is 4.79 Å². The fourth-order valence-electron chi connectivity index (χ4n) is 3.00. The van der Waals surface area contributed by atoms with E-state index < -0.39 is 0 Å². The molecule has 0 aliphatic rings. The fraction of sp³-hybridized carbons (Fsp3) is 0.158. The molecule has 5 nitrogen and oxygen atoms in total. The van der Waals surface area contributed by atoms with Crippen LogP contribution in [0.2, 0.25) is 0 Å². The molecule has 2 heterocycles. The minimum absolute atomic E-state index is 0.352. The van der Waals surface area contributed by atoms with Crippen LogP contribution in [0.15, 0.2) is 57.7 Å². The first-order chi connectivity index (χ1) is 11.6. The van der Waals surface area contributed by atoms with Crippen molar-refractivity contribution in [2.45, 2.75) is 6.92 Å². The molecule has 5 heteroatoms. The molecule has 4 aromatic rings. The van der Waals surface area contributed by atoms with Gasteiger partial charge in [-0.3, -0.25) is 0 Å². The Bertz CT molecular complexity index is 1110. The molecule has 2 aromatic heterocycles. The average molecular weight is 319 g/mol. The maximum absolute atomic E-state index is 12.4. The van der Waals surface area contributed by atoms with Gasteiger partial charge in [0.25, 0.3) is 0 Å². The number of rotatable bonds is 2. The Morgan fingerprint density at radius 3 is 2.54 bits per heavy atom. The zero-order chi connectivity index (χ0) is 16.8. The van der Waals surface area contributed by atoms with E-state index in [1.54, 1.807) is 0 Å². The molecule has 0 atom stereocenters.